The molecule has 3 N–H and O–H groups in total. The highest BCUT2D eigenvalue weighted by molar-refractivity contribution is 9.10. The molecule has 17 heavy (non-hydrogen) atoms. The molecule has 0 saturated carbocycles. The van der Waals surface area contributed by atoms with Crippen LogP contribution in [-0.4, -0.2) is 25.5 Å². The minimum atomic E-state index is 0.322. The molecular weight excluding hydrogens is 300 g/mol. The summed E-state index contributed by atoms with van der Waals surface area (Å²) in [6.07, 6.45) is 2.06. The Balaban J connectivity index is 2.34. The molecule has 0 aromatic heterocycles. The van der Waals surface area contributed by atoms with Gasteiger partial charge in [-0.05, 0) is 40.9 Å². The molecular formula is C12H19BrN2OS. The zero-order valence-electron chi connectivity index (χ0n) is 9.99. The zero-order chi connectivity index (χ0) is 12.5. The Morgan fingerprint density at radius 2 is 2.24 bits per heavy atom. The Bertz CT molecular complexity index is 325. The van der Waals surface area contributed by atoms with Crippen molar-refractivity contribution in [1.29, 1.82) is 0 Å². The van der Waals surface area contributed by atoms with Crippen molar-refractivity contribution >= 4 is 27.7 Å². The van der Waals surface area contributed by atoms with E-state index >= 15 is 0 Å². The predicted molar refractivity (Wildman–Crippen MR) is 77.1 cm³/mol. The number of nitrogens with two attached hydrogens (primary N) is 1. The van der Waals surface area contributed by atoms with Crippen LogP contribution >= 0.6 is 27.7 Å². The Kier molecular flexibility index (Phi) is 7.88. The molecule has 0 aliphatic carbocycles. The standard InChI is InChI=1S/C12H19BrN2OS/c1-16-8-4-5-10(15-14)9-17-12-7-3-2-6-11(12)13/h2-3,6-7,10,15H,4-5,8-9,14H2,1H3. The highest BCUT2D eigenvalue weighted by atomic mass is 79.9. The maximum atomic E-state index is 5.54. The van der Waals surface area contributed by atoms with Gasteiger partial charge in [-0.2, -0.15) is 0 Å². The predicted octanol–water partition coefficient (Wildman–Crippen LogP) is 2.80. The van der Waals surface area contributed by atoms with E-state index in [1.807, 2.05) is 23.9 Å². The Hall–Kier alpha value is -0.0700. The summed E-state index contributed by atoms with van der Waals surface area (Å²) >= 11 is 5.35. The van der Waals surface area contributed by atoms with Gasteiger partial charge in [0.1, 0.15) is 0 Å². The maximum Gasteiger partial charge on any atom is 0.0462 e. The number of nitrogens with one attached hydrogen (secondary N) is 1. The van der Waals surface area contributed by atoms with Gasteiger partial charge in [0.05, 0.1) is 0 Å². The molecule has 0 bridgehead atoms. The lowest BCUT2D eigenvalue weighted by Gasteiger charge is -2.15. The SMILES string of the molecule is COCCCC(CSc1ccccc1Br)NN. The molecule has 1 atom stereocenters. The van der Waals surface area contributed by atoms with E-state index in [2.05, 4.69) is 33.5 Å². The van der Waals surface area contributed by atoms with Crippen LogP contribution in [0.5, 0.6) is 0 Å². The summed E-state index contributed by atoms with van der Waals surface area (Å²) in [5.74, 6) is 6.50. The van der Waals surface area contributed by atoms with E-state index < -0.39 is 0 Å². The Morgan fingerprint density at radius 3 is 2.88 bits per heavy atom. The van der Waals surface area contributed by atoms with Gasteiger partial charge in [-0.3, -0.25) is 11.3 Å². The molecule has 1 aromatic carbocycles. The van der Waals surface area contributed by atoms with E-state index in [4.69, 9.17) is 10.6 Å². The van der Waals surface area contributed by atoms with Gasteiger partial charge in [0.2, 0.25) is 0 Å². The first-order valence-corrected chi connectivity index (χ1v) is 7.38. The maximum absolute atomic E-state index is 5.54. The molecule has 96 valence electrons. The van der Waals surface area contributed by atoms with Gasteiger partial charge in [-0.1, -0.05) is 12.1 Å². The van der Waals surface area contributed by atoms with E-state index in [-0.39, 0.29) is 0 Å². The van der Waals surface area contributed by atoms with Crippen LogP contribution in [0.25, 0.3) is 0 Å². The molecule has 0 aliphatic rings. The third kappa shape index (κ3) is 5.88. The van der Waals surface area contributed by atoms with Crippen LogP contribution in [0.15, 0.2) is 33.6 Å². The minimum Gasteiger partial charge on any atom is -0.385 e. The molecule has 0 fully saturated rings. The lowest BCUT2D eigenvalue weighted by Crippen LogP contribution is -2.37. The van der Waals surface area contributed by atoms with Crippen LogP contribution in [0.2, 0.25) is 0 Å². The quantitative estimate of drug-likeness (QED) is 0.335. The summed E-state index contributed by atoms with van der Waals surface area (Å²) < 4.78 is 6.17. The number of hydrogen-bond donors (Lipinski definition) is 2. The van der Waals surface area contributed by atoms with Gasteiger partial charge in [-0.15, -0.1) is 11.8 Å². The molecule has 0 radical (unpaired) electrons. The van der Waals surface area contributed by atoms with Crippen molar-refractivity contribution in [3.05, 3.63) is 28.7 Å². The fourth-order valence-electron chi connectivity index (χ4n) is 1.44. The smallest absolute Gasteiger partial charge is 0.0462 e. The molecule has 1 unspecified atom stereocenters. The molecule has 0 aliphatic heterocycles. The number of ether oxygens (including phenoxy) is 1. The average Bonchev–Trinajstić information content (AvgIpc) is 2.35. The van der Waals surface area contributed by atoms with Crippen LogP contribution in [0.1, 0.15) is 12.8 Å². The highest BCUT2D eigenvalue weighted by Crippen LogP contribution is 2.27. The summed E-state index contributed by atoms with van der Waals surface area (Å²) in [5, 5.41) is 0. The number of hydrazine groups is 1. The largest absolute Gasteiger partial charge is 0.385 e. The topological polar surface area (TPSA) is 47.3 Å². The van der Waals surface area contributed by atoms with E-state index in [0.29, 0.717) is 6.04 Å². The average molecular weight is 319 g/mol. The van der Waals surface area contributed by atoms with Gasteiger partial charge < -0.3 is 4.74 Å². The number of halogens is 1. The third-order valence-corrected chi connectivity index (χ3v) is 4.60. The van der Waals surface area contributed by atoms with Crippen LogP contribution in [0.3, 0.4) is 0 Å². The number of thioether (sulfide) groups is 1. The number of methoxy groups -OCH3 is 1. The van der Waals surface area contributed by atoms with E-state index in [1.54, 1.807) is 7.11 Å². The third-order valence-electron chi connectivity index (χ3n) is 2.41. The fourth-order valence-corrected chi connectivity index (χ4v) is 3.09. The van der Waals surface area contributed by atoms with Crippen molar-refractivity contribution in [2.75, 3.05) is 19.5 Å². The fraction of sp³-hybridized carbons (Fsp3) is 0.500. The van der Waals surface area contributed by atoms with Gasteiger partial charge >= 0.3 is 0 Å². The number of benzene rings is 1. The van der Waals surface area contributed by atoms with Crippen molar-refractivity contribution in [1.82, 2.24) is 5.43 Å². The van der Waals surface area contributed by atoms with Crippen molar-refractivity contribution in [2.45, 2.75) is 23.8 Å². The van der Waals surface area contributed by atoms with Crippen molar-refractivity contribution in [2.24, 2.45) is 5.84 Å². The van der Waals surface area contributed by atoms with E-state index in [9.17, 15) is 0 Å². The summed E-state index contributed by atoms with van der Waals surface area (Å²) in [6.45, 7) is 0.790. The van der Waals surface area contributed by atoms with E-state index in [1.165, 1.54) is 4.90 Å². The molecule has 3 nitrogen and oxygen atoms in total. The van der Waals surface area contributed by atoms with E-state index in [0.717, 1.165) is 29.7 Å². The first kappa shape index (κ1) is 15.0. The molecule has 0 heterocycles. The van der Waals surface area contributed by atoms with Crippen molar-refractivity contribution in [3.8, 4) is 0 Å². The highest BCUT2D eigenvalue weighted by Gasteiger charge is 2.08. The zero-order valence-corrected chi connectivity index (χ0v) is 12.4. The molecule has 0 saturated heterocycles. The van der Waals surface area contributed by atoms with Crippen molar-refractivity contribution < 1.29 is 4.74 Å². The van der Waals surface area contributed by atoms with Crippen LogP contribution in [0.4, 0.5) is 0 Å². The van der Waals surface area contributed by atoms with Crippen LogP contribution < -0.4 is 11.3 Å². The van der Waals surface area contributed by atoms with Gasteiger partial charge in [0, 0.05) is 34.9 Å². The number of rotatable bonds is 8. The first-order chi connectivity index (χ1) is 8.27. The second-order valence-electron chi connectivity index (χ2n) is 3.74. The molecule has 0 spiro atoms. The van der Waals surface area contributed by atoms with Crippen LogP contribution in [-0.2, 0) is 4.74 Å². The molecule has 0 amide bonds. The number of hydrogen-bond acceptors (Lipinski definition) is 4. The minimum absolute atomic E-state index is 0.322. The first-order valence-electron chi connectivity index (χ1n) is 5.60. The summed E-state index contributed by atoms with van der Waals surface area (Å²) in [7, 11) is 1.72. The summed E-state index contributed by atoms with van der Waals surface area (Å²) in [4.78, 5) is 1.25. The second-order valence-corrected chi connectivity index (χ2v) is 5.66. The summed E-state index contributed by atoms with van der Waals surface area (Å²) in [6, 6.07) is 8.55. The lowest BCUT2D eigenvalue weighted by atomic mass is 10.2. The van der Waals surface area contributed by atoms with Crippen LogP contribution in [0, 0.1) is 0 Å². The lowest BCUT2D eigenvalue weighted by molar-refractivity contribution is 0.189. The Labute approximate surface area is 116 Å². The second kappa shape index (κ2) is 8.94. The Morgan fingerprint density at radius 1 is 1.47 bits per heavy atom. The normalized spacial score (nSPS) is 12.6. The van der Waals surface area contributed by atoms with Gasteiger partial charge in [0.15, 0.2) is 0 Å². The monoisotopic (exact) mass is 318 g/mol. The molecule has 1 aromatic rings. The summed E-state index contributed by atoms with van der Waals surface area (Å²) in [5.41, 5.74) is 2.86. The molecule has 1 rings (SSSR count). The van der Waals surface area contributed by atoms with Crippen molar-refractivity contribution in [3.63, 3.8) is 0 Å². The van der Waals surface area contributed by atoms with Gasteiger partial charge in [0.25, 0.3) is 0 Å². The molecule has 5 heteroatoms. The van der Waals surface area contributed by atoms with Gasteiger partial charge in [-0.25, -0.2) is 0 Å².